The number of aromatic nitrogens is 3. The van der Waals surface area contributed by atoms with Crippen LogP contribution in [-0.4, -0.2) is 26.4 Å². The van der Waals surface area contributed by atoms with Gasteiger partial charge in [-0.25, -0.2) is 0 Å². The summed E-state index contributed by atoms with van der Waals surface area (Å²) in [5.41, 5.74) is 2.65. The number of nitrogens with zero attached hydrogens (tertiary/aromatic N) is 3. The van der Waals surface area contributed by atoms with Gasteiger partial charge >= 0.3 is 0 Å². The van der Waals surface area contributed by atoms with Crippen LogP contribution in [0.3, 0.4) is 0 Å². The monoisotopic (exact) mass is 498 g/mol. The fraction of sp³-hybridized carbons (Fsp3) is 0.286. The second-order valence-electron chi connectivity index (χ2n) is 6.78. The summed E-state index contributed by atoms with van der Waals surface area (Å²) in [6, 6.07) is 9.04. The Hall–Kier alpha value is -1.93. The Morgan fingerprint density at radius 1 is 1.10 bits per heavy atom. The zero-order valence-corrected chi connectivity index (χ0v) is 20.3. The molecule has 1 N–H and O–H groups in total. The van der Waals surface area contributed by atoms with Crippen molar-refractivity contribution in [1.29, 1.82) is 0 Å². The van der Waals surface area contributed by atoms with Gasteiger partial charge in [0.2, 0.25) is 5.91 Å². The molecule has 1 aromatic heterocycles. The number of carbonyl (C=O) groups excluding carboxylic acids is 1. The van der Waals surface area contributed by atoms with Crippen LogP contribution in [0.15, 0.2) is 35.5 Å². The largest absolute Gasteiger partial charge is 0.485 e. The van der Waals surface area contributed by atoms with E-state index in [0.717, 1.165) is 11.3 Å². The molecule has 3 aromatic rings. The van der Waals surface area contributed by atoms with Crippen LogP contribution < -0.4 is 10.1 Å². The number of rotatable bonds is 8. The van der Waals surface area contributed by atoms with Crippen molar-refractivity contribution in [1.82, 2.24) is 14.8 Å². The van der Waals surface area contributed by atoms with E-state index < -0.39 is 0 Å². The second kappa shape index (κ2) is 10.6. The standard InChI is InChI=1S/C21H21Cl3N4O2S/c1-4-28-19(10-30-18-6-5-12(2)7-13(18)3)26-27-21(28)31-11-20(29)25-17-9-15(23)14(22)8-16(17)24/h5-9H,4,10-11H2,1-3H3,(H,25,29). The molecule has 0 bridgehead atoms. The Balaban J connectivity index is 1.61. The molecule has 0 saturated heterocycles. The molecule has 1 heterocycles. The summed E-state index contributed by atoms with van der Waals surface area (Å²) in [6.45, 7) is 6.98. The first-order valence-electron chi connectivity index (χ1n) is 9.47. The molecule has 3 rings (SSSR count). The Kier molecular flexibility index (Phi) is 8.11. The number of nitrogens with one attached hydrogen (secondary N) is 1. The lowest BCUT2D eigenvalue weighted by Crippen LogP contribution is -2.15. The van der Waals surface area contributed by atoms with Crippen molar-refractivity contribution >= 4 is 58.2 Å². The van der Waals surface area contributed by atoms with Crippen molar-refractivity contribution in [3.63, 3.8) is 0 Å². The summed E-state index contributed by atoms with van der Waals surface area (Å²) in [6.07, 6.45) is 0. The molecular formula is C21H21Cl3N4O2S. The Morgan fingerprint density at radius 3 is 2.55 bits per heavy atom. The molecule has 0 aliphatic rings. The zero-order valence-electron chi connectivity index (χ0n) is 17.2. The first kappa shape index (κ1) is 23.7. The van der Waals surface area contributed by atoms with Gasteiger partial charge in [-0.3, -0.25) is 4.79 Å². The van der Waals surface area contributed by atoms with Gasteiger partial charge in [-0.2, -0.15) is 0 Å². The number of hydrogen-bond acceptors (Lipinski definition) is 5. The van der Waals surface area contributed by atoms with E-state index >= 15 is 0 Å². The van der Waals surface area contributed by atoms with E-state index in [2.05, 4.69) is 21.6 Å². The van der Waals surface area contributed by atoms with Crippen LogP contribution in [0.4, 0.5) is 5.69 Å². The molecule has 0 fully saturated rings. The first-order chi connectivity index (χ1) is 14.8. The molecule has 0 spiro atoms. The maximum absolute atomic E-state index is 12.4. The third-order valence-electron chi connectivity index (χ3n) is 4.41. The van der Waals surface area contributed by atoms with Gasteiger partial charge in [-0.15, -0.1) is 10.2 Å². The second-order valence-corrected chi connectivity index (χ2v) is 8.95. The van der Waals surface area contributed by atoms with Gasteiger partial charge in [-0.05, 0) is 44.5 Å². The van der Waals surface area contributed by atoms with E-state index in [0.29, 0.717) is 38.3 Å². The lowest BCUT2D eigenvalue weighted by atomic mass is 10.1. The van der Waals surface area contributed by atoms with Crippen LogP contribution in [0, 0.1) is 13.8 Å². The number of aryl methyl sites for hydroxylation is 2. The number of halogens is 3. The van der Waals surface area contributed by atoms with Crippen LogP contribution >= 0.6 is 46.6 Å². The molecule has 6 nitrogen and oxygen atoms in total. The van der Waals surface area contributed by atoms with Crippen LogP contribution in [0.1, 0.15) is 23.9 Å². The average molecular weight is 500 g/mol. The molecular weight excluding hydrogens is 479 g/mol. The summed E-state index contributed by atoms with van der Waals surface area (Å²) >= 11 is 19.3. The first-order valence-corrected chi connectivity index (χ1v) is 11.6. The van der Waals surface area contributed by atoms with Gasteiger partial charge < -0.3 is 14.6 Å². The maximum atomic E-state index is 12.4. The van der Waals surface area contributed by atoms with Gasteiger partial charge in [0.1, 0.15) is 12.4 Å². The molecule has 0 aliphatic carbocycles. The van der Waals surface area contributed by atoms with Crippen LogP contribution in [0.5, 0.6) is 5.75 Å². The van der Waals surface area contributed by atoms with Crippen LogP contribution in [0.25, 0.3) is 0 Å². The molecule has 0 radical (unpaired) electrons. The third kappa shape index (κ3) is 6.07. The fourth-order valence-corrected chi connectivity index (χ4v) is 4.30. The topological polar surface area (TPSA) is 69.0 Å². The molecule has 1 amide bonds. The van der Waals surface area contributed by atoms with Gasteiger partial charge in [0.25, 0.3) is 0 Å². The molecule has 31 heavy (non-hydrogen) atoms. The molecule has 0 saturated carbocycles. The number of benzene rings is 2. The van der Waals surface area contributed by atoms with Crippen molar-refractivity contribution in [3.8, 4) is 5.75 Å². The predicted octanol–water partition coefficient (Wildman–Crippen LogP) is 6.18. The van der Waals surface area contributed by atoms with Crippen LogP contribution in [-0.2, 0) is 17.9 Å². The number of hydrogen-bond donors (Lipinski definition) is 1. The summed E-state index contributed by atoms with van der Waals surface area (Å²) in [4.78, 5) is 12.4. The van der Waals surface area contributed by atoms with Crippen molar-refractivity contribution in [2.75, 3.05) is 11.1 Å². The molecule has 0 atom stereocenters. The minimum absolute atomic E-state index is 0.132. The van der Waals surface area contributed by atoms with E-state index in [9.17, 15) is 4.79 Å². The Bertz CT molecular complexity index is 1100. The molecule has 10 heteroatoms. The highest BCUT2D eigenvalue weighted by Gasteiger charge is 2.15. The lowest BCUT2D eigenvalue weighted by Gasteiger charge is -2.11. The minimum atomic E-state index is -0.246. The number of carbonyl (C=O) groups is 1. The van der Waals surface area contributed by atoms with Crippen molar-refractivity contribution < 1.29 is 9.53 Å². The highest BCUT2D eigenvalue weighted by Crippen LogP contribution is 2.32. The van der Waals surface area contributed by atoms with E-state index in [4.69, 9.17) is 39.5 Å². The van der Waals surface area contributed by atoms with Gasteiger partial charge in [0.15, 0.2) is 11.0 Å². The average Bonchev–Trinajstić information content (AvgIpc) is 3.11. The molecule has 0 aliphatic heterocycles. The fourth-order valence-electron chi connectivity index (χ4n) is 2.89. The lowest BCUT2D eigenvalue weighted by molar-refractivity contribution is -0.113. The number of amides is 1. The Morgan fingerprint density at radius 2 is 1.84 bits per heavy atom. The summed E-state index contributed by atoms with van der Waals surface area (Å²) in [5, 5.41) is 12.8. The number of thioether (sulfide) groups is 1. The quantitative estimate of drug-likeness (QED) is 0.296. The summed E-state index contributed by atoms with van der Waals surface area (Å²) in [5.74, 6) is 1.39. The van der Waals surface area contributed by atoms with Crippen molar-refractivity contribution in [2.45, 2.75) is 39.1 Å². The van der Waals surface area contributed by atoms with Crippen molar-refractivity contribution in [3.05, 3.63) is 62.4 Å². The highest BCUT2D eigenvalue weighted by atomic mass is 35.5. The molecule has 0 unspecified atom stereocenters. The summed E-state index contributed by atoms with van der Waals surface area (Å²) in [7, 11) is 0. The smallest absolute Gasteiger partial charge is 0.234 e. The van der Waals surface area contributed by atoms with Crippen molar-refractivity contribution in [2.24, 2.45) is 0 Å². The summed E-state index contributed by atoms with van der Waals surface area (Å²) < 4.78 is 7.85. The SMILES string of the molecule is CCn1c(COc2ccc(C)cc2C)nnc1SCC(=O)Nc1cc(Cl)c(Cl)cc1Cl. The zero-order chi connectivity index (χ0) is 22.5. The number of ether oxygens (including phenoxy) is 1. The van der Waals surface area contributed by atoms with Crippen LogP contribution in [0.2, 0.25) is 15.1 Å². The van der Waals surface area contributed by atoms with Gasteiger partial charge in [0, 0.05) is 6.54 Å². The van der Waals surface area contributed by atoms with E-state index in [1.165, 1.54) is 29.5 Å². The van der Waals surface area contributed by atoms with E-state index in [-0.39, 0.29) is 18.3 Å². The van der Waals surface area contributed by atoms with E-state index in [1.54, 1.807) is 0 Å². The predicted molar refractivity (Wildman–Crippen MR) is 127 cm³/mol. The number of anilines is 1. The van der Waals surface area contributed by atoms with E-state index in [1.807, 2.05) is 37.5 Å². The normalized spacial score (nSPS) is 10.9. The highest BCUT2D eigenvalue weighted by molar-refractivity contribution is 7.99. The minimum Gasteiger partial charge on any atom is -0.485 e. The molecule has 2 aromatic carbocycles. The third-order valence-corrected chi connectivity index (χ3v) is 6.41. The van der Waals surface area contributed by atoms with Gasteiger partial charge in [-0.1, -0.05) is 64.3 Å². The van der Waals surface area contributed by atoms with Gasteiger partial charge in [0.05, 0.1) is 26.5 Å². The molecule has 164 valence electrons. The maximum Gasteiger partial charge on any atom is 0.234 e. The Labute approximate surface area is 200 Å².